The first kappa shape index (κ1) is 31.7. The zero-order chi connectivity index (χ0) is 33.9. The van der Waals surface area contributed by atoms with Gasteiger partial charge in [-0.15, -0.1) is 11.3 Å². The van der Waals surface area contributed by atoms with Gasteiger partial charge in [0.05, 0.1) is 34.3 Å². The SMILES string of the molecule is COc1c(C)c(-c2ccc(F)c3sc(N)c(C#N)c23)c(F)c2nc(OC[C@@]34CCCN3C[C@H](F)C4)nc(NC(C)c3cccnc3N)c12. The summed E-state index contributed by atoms with van der Waals surface area (Å²) in [4.78, 5) is 15.6. The Labute approximate surface area is 278 Å². The van der Waals surface area contributed by atoms with Crippen molar-refractivity contribution in [3.8, 4) is 29.0 Å². The number of nitrogen functional groups attached to an aromatic ring is 2. The molecule has 0 aliphatic carbocycles. The lowest BCUT2D eigenvalue weighted by Crippen LogP contribution is -2.43. The van der Waals surface area contributed by atoms with E-state index in [1.54, 1.807) is 19.2 Å². The highest BCUT2D eigenvalue weighted by Crippen LogP contribution is 2.48. The number of hydrogen-bond acceptors (Lipinski definition) is 11. The molecule has 2 fully saturated rings. The van der Waals surface area contributed by atoms with Gasteiger partial charge in [-0.2, -0.15) is 15.2 Å². The first-order valence-corrected chi connectivity index (χ1v) is 16.4. The molecule has 7 rings (SSSR count). The molecule has 10 nitrogen and oxygen atoms in total. The molecule has 2 aliphatic heterocycles. The van der Waals surface area contributed by atoms with E-state index in [4.69, 9.17) is 25.9 Å². The largest absolute Gasteiger partial charge is 0.496 e. The molecule has 3 atom stereocenters. The lowest BCUT2D eigenvalue weighted by Gasteiger charge is -2.31. The Morgan fingerprint density at radius 2 is 2.04 bits per heavy atom. The van der Waals surface area contributed by atoms with Crippen molar-refractivity contribution in [2.45, 2.75) is 50.9 Å². The molecule has 3 aromatic heterocycles. The summed E-state index contributed by atoms with van der Waals surface area (Å²) in [6.45, 7) is 4.78. The standard InChI is InChI=1S/C34H33F3N8O2S/c1-16-23(20-7-8-22(36)29-24(20)21(13-38)31(40)48-29)26(37)27-25(28(16)46-3)32(42-17(2)19-6-4-10-41-30(19)39)44-33(43-27)47-15-34-9-5-11-45(34)14-18(35)12-34/h4,6-8,10,17-18H,5,9,11-12,14-15,40H2,1-3H3,(H2,39,41)(H,42,43,44)/t17?,18-,34+/m1/s1. The van der Waals surface area contributed by atoms with Gasteiger partial charge in [-0.25, -0.2) is 18.2 Å². The van der Waals surface area contributed by atoms with E-state index in [0.717, 1.165) is 30.7 Å². The van der Waals surface area contributed by atoms with E-state index in [9.17, 15) is 14.0 Å². The normalized spacial score (nSPS) is 19.8. The molecule has 2 aliphatic rings. The molecule has 5 heterocycles. The van der Waals surface area contributed by atoms with Gasteiger partial charge in [-0.05, 0) is 50.9 Å². The molecule has 0 radical (unpaired) electrons. The summed E-state index contributed by atoms with van der Waals surface area (Å²) in [5.74, 6) is -0.533. The van der Waals surface area contributed by atoms with Gasteiger partial charge in [0, 0.05) is 41.2 Å². The third-order valence-electron chi connectivity index (χ3n) is 9.58. The summed E-state index contributed by atoms with van der Waals surface area (Å²) in [5, 5.41) is 13.8. The molecule has 14 heteroatoms. The van der Waals surface area contributed by atoms with Crippen LogP contribution in [0, 0.1) is 29.9 Å². The number of nitrogens with one attached hydrogen (secondary N) is 1. The van der Waals surface area contributed by atoms with Crippen molar-refractivity contribution in [3.05, 3.63) is 58.8 Å². The highest BCUT2D eigenvalue weighted by molar-refractivity contribution is 7.23. The van der Waals surface area contributed by atoms with Gasteiger partial charge in [0.1, 0.15) is 52.6 Å². The van der Waals surface area contributed by atoms with Crippen LogP contribution in [0.15, 0.2) is 30.5 Å². The van der Waals surface area contributed by atoms with E-state index in [0.29, 0.717) is 29.9 Å². The second-order valence-electron chi connectivity index (χ2n) is 12.4. The molecule has 248 valence electrons. The van der Waals surface area contributed by atoms with E-state index >= 15 is 4.39 Å². The Balaban J connectivity index is 1.44. The second-order valence-corrected chi connectivity index (χ2v) is 13.4. The topological polar surface area (TPSA) is 148 Å². The van der Waals surface area contributed by atoms with Gasteiger partial charge in [-0.3, -0.25) is 4.90 Å². The number of halogens is 3. The molecule has 0 saturated carbocycles. The number of nitriles is 1. The lowest BCUT2D eigenvalue weighted by atomic mass is 9.92. The molecule has 2 aromatic carbocycles. The summed E-state index contributed by atoms with van der Waals surface area (Å²) in [6, 6.07) is 7.72. The van der Waals surface area contributed by atoms with Crippen LogP contribution in [0.25, 0.3) is 32.1 Å². The van der Waals surface area contributed by atoms with Crippen molar-refractivity contribution < 1.29 is 22.6 Å². The number of alkyl halides is 1. The number of nitrogens with zero attached hydrogens (tertiary/aromatic N) is 5. The zero-order valence-corrected chi connectivity index (χ0v) is 27.3. The van der Waals surface area contributed by atoms with Crippen molar-refractivity contribution in [1.29, 1.82) is 5.26 Å². The summed E-state index contributed by atoms with van der Waals surface area (Å²) < 4.78 is 58.9. The van der Waals surface area contributed by atoms with Crippen LogP contribution in [0.5, 0.6) is 11.8 Å². The summed E-state index contributed by atoms with van der Waals surface area (Å²) in [7, 11) is 1.45. The number of hydrogen-bond donors (Lipinski definition) is 3. The number of rotatable bonds is 8. The van der Waals surface area contributed by atoms with E-state index < -0.39 is 29.4 Å². The number of methoxy groups -OCH3 is 1. The number of fused-ring (bicyclic) bond motifs is 3. The van der Waals surface area contributed by atoms with Gasteiger partial charge in [0.25, 0.3) is 0 Å². The van der Waals surface area contributed by atoms with Crippen molar-refractivity contribution in [2.24, 2.45) is 0 Å². The number of thiophene rings is 1. The number of benzene rings is 2. The Morgan fingerprint density at radius 3 is 2.79 bits per heavy atom. The molecular formula is C34H33F3N8O2S. The van der Waals surface area contributed by atoms with Crippen LogP contribution in [0.4, 0.5) is 29.8 Å². The van der Waals surface area contributed by atoms with Crippen LogP contribution in [0.1, 0.15) is 48.9 Å². The Morgan fingerprint density at radius 1 is 1.23 bits per heavy atom. The van der Waals surface area contributed by atoms with Crippen LogP contribution >= 0.6 is 11.3 Å². The summed E-state index contributed by atoms with van der Waals surface area (Å²) >= 11 is 0.925. The zero-order valence-electron chi connectivity index (χ0n) is 26.5. The molecular weight excluding hydrogens is 641 g/mol. The average molecular weight is 675 g/mol. The van der Waals surface area contributed by atoms with E-state index in [-0.39, 0.29) is 66.9 Å². The summed E-state index contributed by atoms with van der Waals surface area (Å²) in [6.07, 6.45) is 2.64. The van der Waals surface area contributed by atoms with E-state index in [1.165, 1.54) is 19.2 Å². The minimum absolute atomic E-state index is 0.0578. The molecule has 5 aromatic rings. The molecule has 0 amide bonds. The maximum Gasteiger partial charge on any atom is 0.319 e. The molecule has 2 saturated heterocycles. The van der Waals surface area contributed by atoms with Crippen molar-refractivity contribution in [3.63, 3.8) is 0 Å². The fourth-order valence-electron chi connectivity index (χ4n) is 7.38. The highest BCUT2D eigenvalue weighted by atomic mass is 32.1. The van der Waals surface area contributed by atoms with Crippen molar-refractivity contribution in [2.75, 3.05) is 43.6 Å². The van der Waals surface area contributed by atoms with E-state index in [1.807, 2.05) is 19.1 Å². The first-order chi connectivity index (χ1) is 23.1. The highest BCUT2D eigenvalue weighted by Gasteiger charge is 2.49. The van der Waals surface area contributed by atoms with Crippen LogP contribution < -0.4 is 26.3 Å². The van der Waals surface area contributed by atoms with Crippen LogP contribution in [0.2, 0.25) is 0 Å². The number of nitrogens with two attached hydrogens (primary N) is 2. The Kier molecular flexibility index (Phi) is 7.92. The molecule has 0 spiro atoms. The Bertz CT molecular complexity index is 2140. The minimum atomic E-state index is -0.960. The van der Waals surface area contributed by atoms with Gasteiger partial charge in [0.2, 0.25) is 0 Å². The number of aromatic nitrogens is 3. The van der Waals surface area contributed by atoms with Gasteiger partial charge in [0.15, 0.2) is 5.82 Å². The molecule has 5 N–H and O–H groups in total. The van der Waals surface area contributed by atoms with Crippen LogP contribution in [0.3, 0.4) is 0 Å². The van der Waals surface area contributed by atoms with Crippen LogP contribution in [-0.2, 0) is 0 Å². The lowest BCUT2D eigenvalue weighted by molar-refractivity contribution is 0.107. The van der Waals surface area contributed by atoms with Gasteiger partial charge < -0.3 is 26.3 Å². The molecule has 0 bridgehead atoms. The minimum Gasteiger partial charge on any atom is -0.496 e. The summed E-state index contributed by atoms with van der Waals surface area (Å²) in [5.41, 5.74) is 13.1. The van der Waals surface area contributed by atoms with Crippen molar-refractivity contribution in [1.82, 2.24) is 19.9 Å². The average Bonchev–Trinajstić information content (AvgIpc) is 3.71. The predicted molar refractivity (Wildman–Crippen MR) is 180 cm³/mol. The third kappa shape index (κ3) is 5.00. The predicted octanol–water partition coefficient (Wildman–Crippen LogP) is 6.67. The second kappa shape index (κ2) is 12.0. The van der Waals surface area contributed by atoms with Crippen LogP contribution in [-0.4, -0.2) is 58.4 Å². The fraction of sp³-hybridized carbons (Fsp3) is 0.353. The van der Waals surface area contributed by atoms with Gasteiger partial charge in [-0.1, -0.05) is 12.1 Å². The molecule has 1 unspecified atom stereocenters. The van der Waals surface area contributed by atoms with Crippen molar-refractivity contribution >= 4 is 49.0 Å². The molecule has 48 heavy (non-hydrogen) atoms. The third-order valence-corrected chi connectivity index (χ3v) is 10.6. The number of ether oxygens (including phenoxy) is 2. The fourth-order valence-corrected chi connectivity index (χ4v) is 8.33. The maximum atomic E-state index is 17.2. The number of anilines is 3. The quantitative estimate of drug-likeness (QED) is 0.163. The number of pyridine rings is 1. The van der Waals surface area contributed by atoms with Gasteiger partial charge >= 0.3 is 6.01 Å². The van der Waals surface area contributed by atoms with E-state index in [2.05, 4.69) is 20.2 Å². The monoisotopic (exact) mass is 674 g/mol. The smallest absolute Gasteiger partial charge is 0.319 e. The Hall–Kier alpha value is -4.87. The first-order valence-electron chi connectivity index (χ1n) is 15.5. The maximum absolute atomic E-state index is 17.2.